The van der Waals surface area contributed by atoms with Gasteiger partial charge in [-0.3, -0.25) is 9.59 Å². The Morgan fingerprint density at radius 1 is 0.958 bits per heavy atom. The summed E-state index contributed by atoms with van der Waals surface area (Å²) in [6.45, 7) is 0.350. The lowest BCUT2D eigenvalue weighted by Crippen LogP contribution is -2.38. The molecule has 0 saturated carbocycles. The fourth-order valence-electron chi connectivity index (χ4n) is 2.17. The first-order valence-electron chi connectivity index (χ1n) is 7.55. The van der Waals surface area contributed by atoms with E-state index < -0.39 is 0 Å². The Balaban J connectivity index is 1.66. The number of hydrogen-bond acceptors (Lipinski definition) is 2. The van der Waals surface area contributed by atoms with Crippen LogP contribution >= 0.6 is 11.6 Å². The van der Waals surface area contributed by atoms with Gasteiger partial charge in [-0.2, -0.15) is 0 Å². The van der Waals surface area contributed by atoms with Crippen LogP contribution in [0.5, 0.6) is 0 Å². The van der Waals surface area contributed by atoms with E-state index in [-0.39, 0.29) is 30.6 Å². The summed E-state index contributed by atoms with van der Waals surface area (Å²) < 4.78 is 13.0. The number of hydrogen-bond donors (Lipinski definition) is 2. The van der Waals surface area contributed by atoms with Crippen molar-refractivity contribution in [2.24, 2.45) is 0 Å². The van der Waals surface area contributed by atoms with Crippen molar-refractivity contribution in [3.05, 3.63) is 70.5 Å². The van der Waals surface area contributed by atoms with Crippen LogP contribution in [0.4, 0.5) is 4.39 Å². The van der Waals surface area contributed by atoms with Crippen molar-refractivity contribution in [3.63, 3.8) is 0 Å². The van der Waals surface area contributed by atoms with Gasteiger partial charge < -0.3 is 10.6 Å². The first-order valence-corrected chi connectivity index (χ1v) is 7.93. The van der Waals surface area contributed by atoms with E-state index in [9.17, 15) is 14.0 Å². The molecule has 2 aromatic carbocycles. The average molecular weight is 349 g/mol. The van der Waals surface area contributed by atoms with E-state index in [0.717, 1.165) is 5.56 Å². The van der Waals surface area contributed by atoms with Crippen molar-refractivity contribution < 1.29 is 14.0 Å². The molecule has 0 atom stereocenters. The second kappa shape index (κ2) is 9.03. The van der Waals surface area contributed by atoms with Gasteiger partial charge in [-0.25, -0.2) is 4.39 Å². The third-order valence-corrected chi connectivity index (χ3v) is 3.56. The summed E-state index contributed by atoms with van der Waals surface area (Å²) in [7, 11) is 0. The van der Waals surface area contributed by atoms with E-state index in [2.05, 4.69) is 10.6 Å². The first kappa shape index (κ1) is 17.9. The van der Waals surface area contributed by atoms with Crippen molar-refractivity contribution >= 4 is 23.4 Å². The summed E-state index contributed by atoms with van der Waals surface area (Å²) >= 11 is 5.89. The van der Waals surface area contributed by atoms with E-state index in [4.69, 9.17) is 11.6 Å². The number of amides is 2. The molecule has 0 fully saturated rings. The highest BCUT2D eigenvalue weighted by molar-refractivity contribution is 6.30. The second-order valence-corrected chi connectivity index (χ2v) is 5.75. The molecule has 0 heterocycles. The third-order valence-electron chi connectivity index (χ3n) is 3.32. The van der Waals surface area contributed by atoms with E-state index in [1.54, 1.807) is 18.2 Å². The molecule has 126 valence electrons. The predicted molar refractivity (Wildman–Crippen MR) is 91.3 cm³/mol. The molecule has 0 radical (unpaired) electrons. The molecule has 2 rings (SSSR count). The maximum Gasteiger partial charge on any atom is 0.239 e. The molecule has 0 aliphatic carbocycles. The Labute approximate surface area is 145 Å². The van der Waals surface area contributed by atoms with Crippen molar-refractivity contribution in [1.29, 1.82) is 0 Å². The Morgan fingerprint density at radius 2 is 1.71 bits per heavy atom. The fourth-order valence-corrected chi connectivity index (χ4v) is 2.39. The minimum Gasteiger partial charge on any atom is -0.354 e. The molecule has 6 heteroatoms. The number of rotatable bonds is 7. The van der Waals surface area contributed by atoms with Crippen LogP contribution in [0, 0.1) is 5.82 Å². The Hall–Kier alpha value is -2.40. The molecule has 2 aromatic rings. The quantitative estimate of drug-likeness (QED) is 0.807. The highest BCUT2D eigenvalue weighted by Gasteiger charge is 2.07. The van der Waals surface area contributed by atoms with Crippen LogP contribution in [0.1, 0.15) is 11.1 Å². The molecule has 0 saturated heterocycles. The normalized spacial score (nSPS) is 10.2. The zero-order valence-corrected chi connectivity index (χ0v) is 13.8. The van der Waals surface area contributed by atoms with Crippen LogP contribution in [0.25, 0.3) is 0 Å². The molecule has 0 unspecified atom stereocenters. The van der Waals surface area contributed by atoms with Crippen molar-refractivity contribution in [1.82, 2.24) is 10.6 Å². The summed E-state index contributed by atoms with van der Waals surface area (Å²) in [5.41, 5.74) is 1.59. The van der Waals surface area contributed by atoms with Crippen LogP contribution in [0.15, 0.2) is 48.5 Å². The van der Waals surface area contributed by atoms with Crippen LogP contribution in [-0.4, -0.2) is 24.9 Å². The van der Waals surface area contributed by atoms with Gasteiger partial charge in [-0.05, 0) is 41.8 Å². The first-order chi connectivity index (χ1) is 11.5. The molecule has 2 N–H and O–H groups in total. The maximum absolute atomic E-state index is 13.0. The summed E-state index contributed by atoms with van der Waals surface area (Å²) in [4.78, 5) is 23.4. The summed E-state index contributed by atoms with van der Waals surface area (Å²) in [6.07, 6.45) is 0.692. The minimum absolute atomic E-state index is 0.0353. The van der Waals surface area contributed by atoms with Gasteiger partial charge in [0.25, 0.3) is 0 Å². The smallest absolute Gasteiger partial charge is 0.239 e. The van der Waals surface area contributed by atoms with Crippen LogP contribution in [0.2, 0.25) is 5.02 Å². The Morgan fingerprint density at radius 3 is 2.46 bits per heavy atom. The SMILES string of the molecule is O=C(CNC(=O)Cc1cccc(F)c1)NCCc1cccc(Cl)c1. The monoisotopic (exact) mass is 348 g/mol. The lowest BCUT2D eigenvalue weighted by Gasteiger charge is -2.07. The van der Waals surface area contributed by atoms with Gasteiger partial charge in [0.2, 0.25) is 11.8 Å². The number of carbonyl (C=O) groups excluding carboxylic acids is 2. The molecule has 0 spiro atoms. The van der Waals surface area contributed by atoms with Crippen molar-refractivity contribution in [2.45, 2.75) is 12.8 Å². The average Bonchev–Trinajstić information content (AvgIpc) is 2.53. The van der Waals surface area contributed by atoms with Gasteiger partial charge in [-0.1, -0.05) is 35.9 Å². The van der Waals surface area contributed by atoms with E-state index >= 15 is 0 Å². The Bertz CT molecular complexity index is 722. The maximum atomic E-state index is 13.0. The third kappa shape index (κ3) is 6.38. The molecule has 24 heavy (non-hydrogen) atoms. The van der Waals surface area contributed by atoms with Gasteiger partial charge >= 0.3 is 0 Å². The number of benzene rings is 2. The zero-order chi connectivity index (χ0) is 17.4. The molecular weight excluding hydrogens is 331 g/mol. The van der Waals surface area contributed by atoms with E-state index in [0.29, 0.717) is 23.6 Å². The highest BCUT2D eigenvalue weighted by atomic mass is 35.5. The van der Waals surface area contributed by atoms with Crippen LogP contribution in [0.3, 0.4) is 0 Å². The number of carbonyl (C=O) groups is 2. The molecular formula is C18H18ClFN2O2. The Kier molecular flexibility index (Phi) is 6.75. The van der Waals surface area contributed by atoms with Crippen LogP contribution in [-0.2, 0) is 22.4 Å². The van der Waals surface area contributed by atoms with Gasteiger partial charge in [0.15, 0.2) is 0 Å². The largest absolute Gasteiger partial charge is 0.354 e. The van der Waals surface area contributed by atoms with Gasteiger partial charge in [-0.15, -0.1) is 0 Å². The van der Waals surface area contributed by atoms with Crippen molar-refractivity contribution in [2.75, 3.05) is 13.1 Å². The van der Waals surface area contributed by atoms with E-state index in [1.807, 2.05) is 18.2 Å². The molecule has 0 bridgehead atoms. The number of halogens is 2. The molecule has 0 aliphatic rings. The predicted octanol–water partition coefficient (Wildman–Crippen LogP) is 2.50. The molecule has 4 nitrogen and oxygen atoms in total. The minimum atomic E-state index is -0.390. The highest BCUT2D eigenvalue weighted by Crippen LogP contribution is 2.10. The summed E-state index contributed by atoms with van der Waals surface area (Å²) in [6, 6.07) is 13.2. The molecule has 0 aromatic heterocycles. The lowest BCUT2D eigenvalue weighted by molar-refractivity contribution is -0.125. The zero-order valence-electron chi connectivity index (χ0n) is 13.0. The lowest BCUT2D eigenvalue weighted by atomic mass is 10.1. The van der Waals surface area contributed by atoms with Gasteiger partial charge in [0.1, 0.15) is 5.82 Å². The standard InChI is InChI=1S/C18H18ClFN2O2/c19-15-5-1-3-13(9-15)7-8-21-18(24)12-22-17(23)11-14-4-2-6-16(20)10-14/h1-6,9-10H,7-8,11-12H2,(H,21,24)(H,22,23). The summed E-state index contributed by atoms with van der Waals surface area (Å²) in [5, 5.41) is 5.89. The molecule has 0 aliphatic heterocycles. The van der Waals surface area contributed by atoms with Crippen molar-refractivity contribution in [3.8, 4) is 0 Å². The van der Waals surface area contributed by atoms with E-state index in [1.165, 1.54) is 12.1 Å². The molecule has 2 amide bonds. The summed E-state index contributed by atoms with van der Waals surface area (Å²) in [5.74, 6) is -0.991. The number of nitrogens with one attached hydrogen (secondary N) is 2. The second-order valence-electron chi connectivity index (χ2n) is 5.31. The van der Waals surface area contributed by atoms with Gasteiger partial charge in [0.05, 0.1) is 13.0 Å². The van der Waals surface area contributed by atoms with Gasteiger partial charge in [0, 0.05) is 11.6 Å². The topological polar surface area (TPSA) is 58.2 Å². The van der Waals surface area contributed by atoms with Crippen LogP contribution < -0.4 is 10.6 Å². The fraction of sp³-hybridized carbons (Fsp3) is 0.222.